The van der Waals surface area contributed by atoms with E-state index in [1.807, 2.05) is 17.8 Å². The Labute approximate surface area is 90.3 Å². The Kier molecular flexibility index (Phi) is 3.07. The Balaban J connectivity index is 1.97. The number of aliphatic hydroxyl groups excluding tert-OH is 1. The normalized spacial score (nSPS) is 28.2. The van der Waals surface area contributed by atoms with E-state index in [9.17, 15) is 5.11 Å². The van der Waals surface area contributed by atoms with Crippen molar-refractivity contribution < 1.29 is 5.11 Å². The molecular formula is C11H19N3O. The van der Waals surface area contributed by atoms with Crippen LogP contribution >= 0.6 is 0 Å². The van der Waals surface area contributed by atoms with Gasteiger partial charge in [0, 0.05) is 25.5 Å². The predicted molar refractivity (Wildman–Crippen MR) is 58.4 cm³/mol. The number of nitrogens with zero attached hydrogens (tertiary/aromatic N) is 2. The second-order valence-electron chi connectivity index (χ2n) is 4.39. The molecule has 0 amide bonds. The Bertz CT molecular complexity index is 323. The minimum atomic E-state index is -0.187. The summed E-state index contributed by atoms with van der Waals surface area (Å²) in [6, 6.07) is 0.430. The van der Waals surface area contributed by atoms with E-state index in [1.165, 1.54) is 0 Å². The van der Waals surface area contributed by atoms with Crippen LogP contribution in [0, 0.1) is 0 Å². The molecule has 2 N–H and O–H groups in total. The summed E-state index contributed by atoms with van der Waals surface area (Å²) in [5.41, 5.74) is 0. The molecule has 2 rings (SSSR count). The number of aliphatic hydroxyl groups is 1. The van der Waals surface area contributed by atoms with Crippen molar-refractivity contribution in [3.8, 4) is 0 Å². The van der Waals surface area contributed by atoms with Gasteiger partial charge in [-0.2, -0.15) is 0 Å². The van der Waals surface area contributed by atoms with Crippen molar-refractivity contribution in [3.05, 3.63) is 18.2 Å². The molecule has 0 aliphatic heterocycles. The van der Waals surface area contributed by atoms with Gasteiger partial charge < -0.3 is 15.0 Å². The third kappa shape index (κ3) is 2.21. The lowest BCUT2D eigenvalue weighted by molar-refractivity contribution is 0.143. The summed E-state index contributed by atoms with van der Waals surface area (Å²) in [7, 11) is 1.99. The summed E-state index contributed by atoms with van der Waals surface area (Å²) in [6.45, 7) is 2.09. The number of aromatic nitrogens is 2. The van der Waals surface area contributed by atoms with Crippen LogP contribution in [0.2, 0.25) is 0 Å². The second-order valence-corrected chi connectivity index (χ2v) is 4.39. The van der Waals surface area contributed by atoms with Crippen LogP contribution < -0.4 is 5.32 Å². The molecule has 0 bridgehead atoms. The standard InChI is InChI=1S/C11H19N3O/c1-8(11-12-6-7-14(11)2)13-9-4-3-5-10(9)15/h6-10,13,15H,3-5H2,1-2H3. The summed E-state index contributed by atoms with van der Waals surface area (Å²) in [6.07, 6.45) is 6.66. The molecule has 84 valence electrons. The first-order valence-corrected chi connectivity index (χ1v) is 5.60. The van der Waals surface area contributed by atoms with Gasteiger partial charge in [-0.15, -0.1) is 0 Å². The molecule has 1 fully saturated rings. The molecule has 1 aromatic rings. The molecular weight excluding hydrogens is 190 g/mol. The fraction of sp³-hybridized carbons (Fsp3) is 0.727. The van der Waals surface area contributed by atoms with E-state index in [0.29, 0.717) is 0 Å². The SMILES string of the molecule is CC(NC1CCCC1O)c1nccn1C. The van der Waals surface area contributed by atoms with Gasteiger partial charge in [0.2, 0.25) is 0 Å². The lowest BCUT2D eigenvalue weighted by Gasteiger charge is -2.21. The minimum absolute atomic E-state index is 0.187. The van der Waals surface area contributed by atoms with Crippen LogP contribution in [0.4, 0.5) is 0 Å². The number of rotatable bonds is 3. The second kappa shape index (κ2) is 4.33. The summed E-state index contributed by atoms with van der Waals surface area (Å²) in [5, 5.41) is 13.2. The number of hydrogen-bond donors (Lipinski definition) is 2. The fourth-order valence-electron chi connectivity index (χ4n) is 2.32. The summed E-state index contributed by atoms with van der Waals surface area (Å²) in [5.74, 6) is 1.02. The van der Waals surface area contributed by atoms with Gasteiger partial charge in [0.05, 0.1) is 12.1 Å². The zero-order valence-corrected chi connectivity index (χ0v) is 9.35. The Morgan fingerprint density at radius 3 is 2.93 bits per heavy atom. The largest absolute Gasteiger partial charge is 0.392 e. The smallest absolute Gasteiger partial charge is 0.125 e. The zero-order chi connectivity index (χ0) is 10.8. The third-order valence-corrected chi connectivity index (χ3v) is 3.19. The van der Waals surface area contributed by atoms with Crippen LogP contribution in [0.1, 0.15) is 38.1 Å². The maximum absolute atomic E-state index is 9.71. The summed E-state index contributed by atoms with van der Waals surface area (Å²) >= 11 is 0. The fourth-order valence-corrected chi connectivity index (χ4v) is 2.32. The van der Waals surface area contributed by atoms with Crippen LogP contribution in [0.15, 0.2) is 12.4 Å². The van der Waals surface area contributed by atoms with Crippen LogP contribution in [-0.4, -0.2) is 26.8 Å². The number of nitrogens with one attached hydrogen (secondary N) is 1. The van der Waals surface area contributed by atoms with Crippen molar-refractivity contribution in [2.45, 2.75) is 44.4 Å². The molecule has 1 aliphatic rings. The number of imidazole rings is 1. The van der Waals surface area contributed by atoms with Crippen LogP contribution in [-0.2, 0) is 7.05 Å². The molecule has 3 atom stereocenters. The molecule has 4 nitrogen and oxygen atoms in total. The Morgan fingerprint density at radius 1 is 1.60 bits per heavy atom. The average Bonchev–Trinajstić information content (AvgIpc) is 2.76. The van der Waals surface area contributed by atoms with E-state index < -0.39 is 0 Å². The molecule has 3 unspecified atom stereocenters. The van der Waals surface area contributed by atoms with Crippen LogP contribution in [0.5, 0.6) is 0 Å². The summed E-state index contributed by atoms with van der Waals surface area (Å²) in [4.78, 5) is 4.30. The van der Waals surface area contributed by atoms with Gasteiger partial charge in [-0.3, -0.25) is 0 Å². The van der Waals surface area contributed by atoms with Crippen molar-refractivity contribution in [1.29, 1.82) is 0 Å². The van der Waals surface area contributed by atoms with Gasteiger partial charge in [0.25, 0.3) is 0 Å². The van der Waals surface area contributed by atoms with Crippen molar-refractivity contribution in [3.63, 3.8) is 0 Å². The highest BCUT2D eigenvalue weighted by atomic mass is 16.3. The number of hydrogen-bond acceptors (Lipinski definition) is 3. The van der Waals surface area contributed by atoms with Crippen molar-refractivity contribution >= 4 is 0 Å². The van der Waals surface area contributed by atoms with E-state index >= 15 is 0 Å². The first kappa shape index (κ1) is 10.6. The lowest BCUT2D eigenvalue weighted by atomic mass is 10.2. The van der Waals surface area contributed by atoms with E-state index in [1.54, 1.807) is 6.20 Å². The molecule has 1 aromatic heterocycles. The van der Waals surface area contributed by atoms with Gasteiger partial charge in [-0.1, -0.05) is 0 Å². The van der Waals surface area contributed by atoms with E-state index in [2.05, 4.69) is 17.2 Å². The quantitative estimate of drug-likeness (QED) is 0.780. The van der Waals surface area contributed by atoms with E-state index in [-0.39, 0.29) is 18.2 Å². The Hall–Kier alpha value is -0.870. The molecule has 0 aromatic carbocycles. The third-order valence-electron chi connectivity index (χ3n) is 3.19. The highest BCUT2D eigenvalue weighted by molar-refractivity contribution is 4.99. The summed E-state index contributed by atoms with van der Waals surface area (Å²) < 4.78 is 2.01. The van der Waals surface area contributed by atoms with Gasteiger partial charge in [0.15, 0.2) is 0 Å². The first-order chi connectivity index (χ1) is 7.18. The first-order valence-electron chi connectivity index (χ1n) is 5.60. The molecule has 1 heterocycles. The van der Waals surface area contributed by atoms with Crippen molar-refractivity contribution in [2.75, 3.05) is 0 Å². The maximum Gasteiger partial charge on any atom is 0.125 e. The highest BCUT2D eigenvalue weighted by Crippen LogP contribution is 2.21. The molecule has 4 heteroatoms. The molecule has 0 spiro atoms. The molecule has 1 aliphatic carbocycles. The molecule has 0 radical (unpaired) electrons. The predicted octanol–water partition coefficient (Wildman–Crippen LogP) is 0.984. The molecule has 1 saturated carbocycles. The monoisotopic (exact) mass is 209 g/mol. The van der Waals surface area contributed by atoms with Crippen LogP contribution in [0.3, 0.4) is 0 Å². The highest BCUT2D eigenvalue weighted by Gasteiger charge is 2.27. The minimum Gasteiger partial charge on any atom is -0.392 e. The van der Waals surface area contributed by atoms with E-state index in [0.717, 1.165) is 25.1 Å². The van der Waals surface area contributed by atoms with Gasteiger partial charge in [-0.25, -0.2) is 4.98 Å². The average molecular weight is 209 g/mol. The van der Waals surface area contributed by atoms with Crippen molar-refractivity contribution in [1.82, 2.24) is 14.9 Å². The lowest BCUT2D eigenvalue weighted by Crippen LogP contribution is -2.38. The zero-order valence-electron chi connectivity index (χ0n) is 9.35. The molecule has 15 heavy (non-hydrogen) atoms. The van der Waals surface area contributed by atoms with Gasteiger partial charge in [-0.05, 0) is 26.2 Å². The van der Waals surface area contributed by atoms with Gasteiger partial charge in [0.1, 0.15) is 5.82 Å². The van der Waals surface area contributed by atoms with E-state index in [4.69, 9.17) is 0 Å². The molecule has 0 saturated heterocycles. The van der Waals surface area contributed by atoms with Crippen molar-refractivity contribution in [2.24, 2.45) is 7.05 Å². The Morgan fingerprint density at radius 2 is 2.40 bits per heavy atom. The van der Waals surface area contributed by atoms with Gasteiger partial charge >= 0.3 is 0 Å². The number of aryl methyl sites for hydroxylation is 1. The maximum atomic E-state index is 9.71. The van der Waals surface area contributed by atoms with Crippen LogP contribution in [0.25, 0.3) is 0 Å². The topological polar surface area (TPSA) is 50.1 Å².